The maximum atomic E-state index is 12.3. The van der Waals surface area contributed by atoms with Crippen LogP contribution >= 0.6 is 27.7 Å². The molecule has 0 saturated carbocycles. The molecule has 0 aliphatic carbocycles. The summed E-state index contributed by atoms with van der Waals surface area (Å²) in [7, 11) is 1.46. The number of halogens is 1. The number of aryl methyl sites for hydroxylation is 1. The normalized spacial score (nSPS) is 16.0. The number of methoxy groups -OCH3 is 1. The number of aliphatic carboxylic acids is 1. The van der Waals surface area contributed by atoms with Crippen LogP contribution in [0.2, 0.25) is 0 Å². The molecule has 1 aliphatic heterocycles. The van der Waals surface area contributed by atoms with Gasteiger partial charge in [-0.1, -0.05) is 19.1 Å². The number of carbonyl (C=O) groups is 2. The van der Waals surface area contributed by atoms with E-state index in [1.54, 1.807) is 18.2 Å². The summed E-state index contributed by atoms with van der Waals surface area (Å²) in [6.07, 6.45) is 2.66. The van der Waals surface area contributed by atoms with Crippen molar-refractivity contribution in [3.63, 3.8) is 0 Å². The molecular formula is C21H19BrN2O5S. The van der Waals surface area contributed by atoms with Crippen LogP contribution in [0, 0.1) is 0 Å². The molecule has 0 unspecified atom stereocenters. The third kappa shape index (κ3) is 5.43. The Bertz CT molecular complexity index is 1030. The van der Waals surface area contributed by atoms with Crippen LogP contribution in [0.1, 0.15) is 18.1 Å². The van der Waals surface area contributed by atoms with Gasteiger partial charge >= 0.3 is 5.97 Å². The molecule has 1 saturated heterocycles. The first-order chi connectivity index (χ1) is 14.4. The van der Waals surface area contributed by atoms with Crippen molar-refractivity contribution >= 4 is 56.5 Å². The Kier molecular flexibility index (Phi) is 7.17. The maximum Gasteiger partial charge on any atom is 0.341 e. The third-order valence-corrected chi connectivity index (χ3v) is 5.61. The van der Waals surface area contributed by atoms with Gasteiger partial charge in [0.25, 0.3) is 5.91 Å². The minimum Gasteiger partial charge on any atom is -0.493 e. The molecule has 1 heterocycles. The van der Waals surface area contributed by atoms with Crippen LogP contribution in [-0.4, -0.2) is 35.9 Å². The van der Waals surface area contributed by atoms with Gasteiger partial charge in [0.1, 0.15) is 0 Å². The summed E-state index contributed by atoms with van der Waals surface area (Å²) in [6, 6.07) is 11.2. The number of ether oxygens (including phenoxy) is 2. The minimum atomic E-state index is -1.09. The zero-order chi connectivity index (χ0) is 21.7. The Balaban J connectivity index is 1.82. The van der Waals surface area contributed by atoms with Crippen molar-refractivity contribution in [2.45, 2.75) is 13.3 Å². The number of amides is 1. The lowest BCUT2D eigenvalue weighted by molar-refractivity contribution is -0.139. The number of benzene rings is 2. The van der Waals surface area contributed by atoms with Gasteiger partial charge in [0.2, 0.25) is 0 Å². The molecule has 2 N–H and O–H groups in total. The number of carbonyl (C=O) groups excluding carboxylic acids is 1. The summed E-state index contributed by atoms with van der Waals surface area (Å²) < 4.78 is 11.1. The number of nitrogens with zero attached hydrogens (tertiary/aromatic N) is 1. The lowest BCUT2D eigenvalue weighted by Crippen LogP contribution is -2.19. The first-order valence-electron chi connectivity index (χ1n) is 9.00. The Labute approximate surface area is 186 Å². The van der Waals surface area contributed by atoms with Crippen LogP contribution in [0.3, 0.4) is 0 Å². The number of amidine groups is 1. The fourth-order valence-corrected chi connectivity index (χ4v) is 4.07. The molecule has 9 heteroatoms. The van der Waals surface area contributed by atoms with Crippen molar-refractivity contribution < 1.29 is 24.2 Å². The number of carboxylic acids is 1. The van der Waals surface area contributed by atoms with E-state index < -0.39 is 12.6 Å². The first kappa shape index (κ1) is 21.9. The molecule has 0 radical (unpaired) electrons. The second-order valence-corrected chi connectivity index (χ2v) is 8.10. The van der Waals surface area contributed by atoms with Crippen LogP contribution in [0.25, 0.3) is 6.08 Å². The number of rotatable bonds is 7. The zero-order valence-corrected chi connectivity index (χ0v) is 18.7. The van der Waals surface area contributed by atoms with Gasteiger partial charge in [-0.2, -0.15) is 0 Å². The van der Waals surface area contributed by atoms with E-state index in [1.165, 1.54) is 24.4 Å². The molecule has 156 valence electrons. The predicted octanol–water partition coefficient (Wildman–Crippen LogP) is 4.38. The van der Waals surface area contributed by atoms with Crippen LogP contribution in [0.15, 0.2) is 50.8 Å². The van der Waals surface area contributed by atoms with Gasteiger partial charge in [-0.3, -0.25) is 4.79 Å². The summed E-state index contributed by atoms with van der Waals surface area (Å²) in [4.78, 5) is 28.1. The number of hydrogen-bond acceptors (Lipinski definition) is 6. The van der Waals surface area contributed by atoms with Gasteiger partial charge in [0, 0.05) is 0 Å². The Morgan fingerprint density at radius 3 is 2.67 bits per heavy atom. The van der Waals surface area contributed by atoms with Gasteiger partial charge in [-0.25, -0.2) is 9.79 Å². The highest BCUT2D eigenvalue weighted by molar-refractivity contribution is 9.10. The quantitative estimate of drug-likeness (QED) is 0.559. The molecule has 3 rings (SSSR count). The lowest BCUT2D eigenvalue weighted by atomic mass is 10.2. The van der Waals surface area contributed by atoms with Gasteiger partial charge in [0.15, 0.2) is 23.3 Å². The van der Waals surface area contributed by atoms with E-state index in [0.29, 0.717) is 25.9 Å². The molecule has 30 heavy (non-hydrogen) atoms. The topological polar surface area (TPSA) is 97.2 Å². The van der Waals surface area contributed by atoms with Gasteiger partial charge in [0.05, 0.1) is 22.2 Å². The number of nitrogens with one attached hydrogen (secondary N) is 1. The van der Waals surface area contributed by atoms with E-state index in [0.717, 1.165) is 12.1 Å². The maximum absolute atomic E-state index is 12.3. The summed E-state index contributed by atoms with van der Waals surface area (Å²) in [5, 5.41) is 12.1. The van der Waals surface area contributed by atoms with Crippen molar-refractivity contribution in [2.24, 2.45) is 4.99 Å². The predicted molar refractivity (Wildman–Crippen MR) is 120 cm³/mol. The molecule has 0 atom stereocenters. The SMILES string of the molecule is CCc1ccc(N=C2NC(=O)/C(=C/c3cc(Br)c(OCC(=O)O)c(OC)c3)S2)cc1. The second-order valence-electron chi connectivity index (χ2n) is 6.22. The molecule has 2 aromatic carbocycles. The fraction of sp³-hybridized carbons (Fsp3) is 0.190. The van der Waals surface area contributed by atoms with Crippen LogP contribution in [0.4, 0.5) is 5.69 Å². The molecule has 2 aromatic rings. The van der Waals surface area contributed by atoms with Gasteiger partial charge in [-0.15, -0.1) is 0 Å². The van der Waals surface area contributed by atoms with Crippen molar-refractivity contribution in [1.29, 1.82) is 0 Å². The van der Waals surface area contributed by atoms with Crippen molar-refractivity contribution in [2.75, 3.05) is 13.7 Å². The van der Waals surface area contributed by atoms with Crippen molar-refractivity contribution in [3.05, 3.63) is 56.9 Å². The summed E-state index contributed by atoms with van der Waals surface area (Å²) in [6.45, 7) is 1.59. The fourth-order valence-electron chi connectivity index (χ4n) is 2.65. The highest BCUT2D eigenvalue weighted by atomic mass is 79.9. The average molecular weight is 491 g/mol. The largest absolute Gasteiger partial charge is 0.493 e. The van der Waals surface area contributed by atoms with Crippen LogP contribution in [-0.2, 0) is 16.0 Å². The van der Waals surface area contributed by atoms with E-state index in [1.807, 2.05) is 24.3 Å². The van der Waals surface area contributed by atoms with Crippen LogP contribution < -0.4 is 14.8 Å². The molecule has 0 aromatic heterocycles. The number of aliphatic imine (C=N–C) groups is 1. The minimum absolute atomic E-state index is 0.245. The molecule has 0 bridgehead atoms. The first-order valence-corrected chi connectivity index (χ1v) is 10.6. The zero-order valence-electron chi connectivity index (χ0n) is 16.3. The second kappa shape index (κ2) is 9.82. The average Bonchev–Trinajstić information content (AvgIpc) is 3.05. The summed E-state index contributed by atoms with van der Waals surface area (Å²) in [5.41, 5.74) is 2.67. The number of hydrogen-bond donors (Lipinski definition) is 2. The molecule has 0 spiro atoms. The molecule has 7 nitrogen and oxygen atoms in total. The Morgan fingerprint density at radius 2 is 2.03 bits per heavy atom. The standard InChI is InChI=1S/C21H19BrN2O5S/c1-3-12-4-6-14(7-5-12)23-21-24-20(27)17(30-21)10-13-8-15(22)19(16(9-13)28-2)29-11-18(25)26/h4-10H,3,11H2,1-2H3,(H,25,26)(H,23,24,27)/b17-10-. The Morgan fingerprint density at radius 1 is 1.30 bits per heavy atom. The van der Waals surface area contributed by atoms with E-state index in [9.17, 15) is 9.59 Å². The number of thioether (sulfide) groups is 1. The Hall–Kier alpha value is -2.78. The van der Waals surface area contributed by atoms with Gasteiger partial charge < -0.3 is 19.9 Å². The summed E-state index contributed by atoms with van der Waals surface area (Å²) in [5.74, 6) is -0.704. The molecule has 1 fully saturated rings. The molecule has 1 amide bonds. The van der Waals surface area contributed by atoms with E-state index in [4.69, 9.17) is 14.6 Å². The van der Waals surface area contributed by atoms with E-state index in [2.05, 4.69) is 33.2 Å². The van der Waals surface area contributed by atoms with E-state index >= 15 is 0 Å². The smallest absolute Gasteiger partial charge is 0.341 e. The monoisotopic (exact) mass is 490 g/mol. The number of carboxylic acid groups (broad SMARTS) is 1. The molecule has 1 aliphatic rings. The molecular weight excluding hydrogens is 472 g/mol. The van der Waals surface area contributed by atoms with Gasteiger partial charge in [-0.05, 0) is 75.6 Å². The summed E-state index contributed by atoms with van der Waals surface area (Å²) >= 11 is 4.60. The van der Waals surface area contributed by atoms with E-state index in [-0.39, 0.29) is 11.7 Å². The van der Waals surface area contributed by atoms with Crippen molar-refractivity contribution in [3.8, 4) is 11.5 Å². The third-order valence-electron chi connectivity index (χ3n) is 4.12. The highest BCUT2D eigenvalue weighted by Crippen LogP contribution is 2.38. The lowest BCUT2D eigenvalue weighted by Gasteiger charge is -2.12. The van der Waals surface area contributed by atoms with Crippen molar-refractivity contribution in [1.82, 2.24) is 5.32 Å². The van der Waals surface area contributed by atoms with Crippen LogP contribution in [0.5, 0.6) is 11.5 Å². The highest BCUT2D eigenvalue weighted by Gasteiger charge is 2.24.